The van der Waals surface area contributed by atoms with Crippen LogP contribution in [-0.4, -0.2) is 53.9 Å². The van der Waals surface area contributed by atoms with E-state index in [-0.39, 0.29) is 30.3 Å². The number of fused-ring (bicyclic) bond motifs is 1. The summed E-state index contributed by atoms with van der Waals surface area (Å²) in [4.78, 5) is 32.3. The van der Waals surface area contributed by atoms with E-state index in [1.165, 1.54) is 6.07 Å². The second-order valence-corrected chi connectivity index (χ2v) is 11.7. The summed E-state index contributed by atoms with van der Waals surface area (Å²) in [6.45, 7) is 4.24. The summed E-state index contributed by atoms with van der Waals surface area (Å²) in [5, 5.41) is 0. The number of halogens is 1. The zero-order valence-electron chi connectivity index (χ0n) is 24.8. The number of hydrogen-bond donors (Lipinski definition) is 0. The molecule has 1 saturated carbocycles. The number of amides is 2. The van der Waals surface area contributed by atoms with Crippen molar-refractivity contribution in [2.45, 2.75) is 76.2 Å². The third-order valence-electron chi connectivity index (χ3n) is 9.05. The molecule has 0 N–H and O–H groups in total. The summed E-state index contributed by atoms with van der Waals surface area (Å²) in [6, 6.07) is 24.0. The van der Waals surface area contributed by atoms with Crippen molar-refractivity contribution in [3.8, 4) is 5.75 Å². The van der Waals surface area contributed by atoms with E-state index in [1.807, 2.05) is 65.3 Å². The monoisotopic (exact) mass is 570 g/mol. The Bertz CT molecular complexity index is 1340. The van der Waals surface area contributed by atoms with Gasteiger partial charge in [-0.2, -0.15) is 0 Å². The van der Waals surface area contributed by atoms with E-state index < -0.39 is 5.41 Å². The number of carbonyl (C=O) groups is 2. The first-order valence-corrected chi connectivity index (χ1v) is 15.6. The Morgan fingerprint density at radius 2 is 1.60 bits per heavy atom. The molecule has 0 spiro atoms. The van der Waals surface area contributed by atoms with Gasteiger partial charge in [0.1, 0.15) is 18.2 Å². The number of rotatable bonds is 5. The van der Waals surface area contributed by atoms with Crippen molar-refractivity contribution >= 4 is 11.8 Å². The molecule has 3 aromatic rings. The summed E-state index contributed by atoms with van der Waals surface area (Å²) >= 11 is 0. The molecule has 5 nitrogen and oxygen atoms in total. The number of benzene rings is 3. The average molecular weight is 571 g/mol. The lowest BCUT2D eigenvalue weighted by molar-refractivity contribution is -0.140. The maximum atomic E-state index is 14.8. The van der Waals surface area contributed by atoms with Crippen molar-refractivity contribution < 1.29 is 18.7 Å². The highest BCUT2D eigenvalue weighted by atomic mass is 19.1. The van der Waals surface area contributed by atoms with Crippen molar-refractivity contribution in [2.24, 2.45) is 0 Å². The maximum Gasteiger partial charge on any atom is 0.257 e. The molecule has 0 unspecified atom stereocenters. The molecule has 3 aromatic carbocycles. The lowest BCUT2D eigenvalue weighted by Crippen LogP contribution is -2.53. The molecule has 2 amide bonds. The number of carbonyl (C=O) groups excluding carboxylic acids is 2. The van der Waals surface area contributed by atoms with Crippen molar-refractivity contribution in [3.05, 3.63) is 101 Å². The molecule has 2 aliphatic rings. The first-order chi connectivity index (χ1) is 20.5. The van der Waals surface area contributed by atoms with Gasteiger partial charge in [-0.25, -0.2) is 4.39 Å². The predicted molar refractivity (Wildman–Crippen MR) is 164 cm³/mol. The van der Waals surface area contributed by atoms with Crippen molar-refractivity contribution in [2.75, 3.05) is 26.2 Å². The number of para-hydroxylation sites is 1. The van der Waals surface area contributed by atoms with E-state index in [9.17, 15) is 14.0 Å². The Labute approximate surface area is 249 Å². The van der Waals surface area contributed by atoms with E-state index in [0.29, 0.717) is 37.4 Å². The molecule has 5 rings (SSSR count). The SMILES string of the molecule is CCN1CCCCCCN(C(=O)C2(c3cccc(F)c3)CCCC2)[C@H](Cc2ccccc2)COc2ccccc2C1=O. The zero-order chi connectivity index (χ0) is 29.4. The fourth-order valence-electron chi connectivity index (χ4n) is 6.73. The van der Waals surface area contributed by atoms with Gasteiger partial charge < -0.3 is 14.5 Å². The van der Waals surface area contributed by atoms with Gasteiger partial charge in [0, 0.05) is 19.6 Å². The first-order valence-electron chi connectivity index (χ1n) is 15.6. The minimum Gasteiger partial charge on any atom is -0.491 e. The van der Waals surface area contributed by atoms with Crippen LogP contribution < -0.4 is 4.74 Å². The van der Waals surface area contributed by atoms with Crippen LogP contribution in [0.3, 0.4) is 0 Å². The van der Waals surface area contributed by atoms with Crippen molar-refractivity contribution in [3.63, 3.8) is 0 Å². The van der Waals surface area contributed by atoms with Gasteiger partial charge in [-0.05, 0) is 74.4 Å². The molecule has 0 saturated heterocycles. The highest BCUT2D eigenvalue weighted by Gasteiger charge is 2.46. The summed E-state index contributed by atoms with van der Waals surface area (Å²) in [7, 11) is 0. The third-order valence-corrected chi connectivity index (χ3v) is 9.05. The van der Waals surface area contributed by atoms with Crippen LogP contribution in [0.1, 0.15) is 79.8 Å². The quantitative estimate of drug-likeness (QED) is 0.326. The van der Waals surface area contributed by atoms with Gasteiger partial charge in [0.15, 0.2) is 0 Å². The number of nitrogens with zero attached hydrogens (tertiary/aromatic N) is 2. The molecule has 42 heavy (non-hydrogen) atoms. The van der Waals surface area contributed by atoms with E-state index in [1.54, 1.807) is 12.1 Å². The molecule has 0 aromatic heterocycles. The third kappa shape index (κ3) is 6.69. The molecule has 1 fully saturated rings. The summed E-state index contributed by atoms with van der Waals surface area (Å²) in [5.41, 5.74) is 1.72. The van der Waals surface area contributed by atoms with Gasteiger partial charge in [-0.3, -0.25) is 9.59 Å². The molecule has 0 bridgehead atoms. The van der Waals surface area contributed by atoms with Gasteiger partial charge in [0.05, 0.1) is 17.0 Å². The lowest BCUT2D eigenvalue weighted by Gasteiger charge is -2.40. The number of hydrogen-bond acceptors (Lipinski definition) is 3. The summed E-state index contributed by atoms with van der Waals surface area (Å²) < 4.78 is 21.0. The topological polar surface area (TPSA) is 49.9 Å². The lowest BCUT2D eigenvalue weighted by atomic mass is 9.77. The van der Waals surface area contributed by atoms with Gasteiger partial charge in [-0.1, -0.05) is 80.3 Å². The Morgan fingerprint density at radius 3 is 2.33 bits per heavy atom. The van der Waals surface area contributed by atoms with Crippen LogP contribution in [-0.2, 0) is 16.6 Å². The van der Waals surface area contributed by atoms with Gasteiger partial charge in [0.2, 0.25) is 5.91 Å². The fraction of sp³-hybridized carbons (Fsp3) is 0.444. The largest absolute Gasteiger partial charge is 0.491 e. The van der Waals surface area contributed by atoms with Crippen LogP contribution in [0.4, 0.5) is 4.39 Å². The molecule has 1 heterocycles. The summed E-state index contributed by atoms with van der Waals surface area (Å²) in [6.07, 6.45) is 7.69. The molecule has 222 valence electrons. The zero-order valence-corrected chi connectivity index (χ0v) is 24.8. The Balaban J connectivity index is 1.53. The van der Waals surface area contributed by atoms with Crippen LogP contribution >= 0.6 is 0 Å². The highest BCUT2D eigenvalue weighted by Crippen LogP contribution is 2.43. The second kappa shape index (κ2) is 14.0. The normalized spacial score (nSPS) is 20.0. The molecular weight excluding hydrogens is 527 g/mol. The standard InChI is InChI=1S/C36H43FN2O3/c1-2-38-23-12-3-4-13-24-39(35(41)36(21-10-11-22-36)29-17-14-18-30(37)26-29)31(25-28-15-6-5-7-16-28)27-42-33-20-9-8-19-32(33)34(38)40/h5-9,14-20,26,31H,2-4,10-13,21-25,27H2,1H3/t31-/m1/s1. The smallest absolute Gasteiger partial charge is 0.257 e. The maximum absolute atomic E-state index is 14.8. The first kappa shape index (κ1) is 29.8. The highest BCUT2D eigenvalue weighted by molar-refractivity contribution is 5.97. The van der Waals surface area contributed by atoms with Gasteiger partial charge >= 0.3 is 0 Å². The Morgan fingerprint density at radius 1 is 0.881 bits per heavy atom. The van der Waals surface area contributed by atoms with Crippen LogP contribution in [0.25, 0.3) is 0 Å². The average Bonchev–Trinajstić information content (AvgIpc) is 3.52. The van der Waals surface area contributed by atoms with Gasteiger partial charge in [-0.15, -0.1) is 0 Å². The fourth-order valence-corrected chi connectivity index (χ4v) is 6.73. The van der Waals surface area contributed by atoms with E-state index in [0.717, 1.165) is 62.5 Å². The second-order valence-electron chi connectivity index (χ2n) is 11.7. The Hall–Kier alpha value is -3.67. The van der Waals surface area contributed by atoms with E-state index in [4.69, 9.17) is 4.74 Å². The number of ether oxygens (including phenoxy) is 1. The van der Waals surface area contributed by atoms with Crippen molar-refractivity contribution in [1.82, 2.24) is 9.80 Å². The van der Waals surface area contributed by atoms with Crippen LogP contribution in [0.5, 0.6) is 5.75 Å². The molecule has 0 radical (unpaired) electrons. The predicted octanol–water partition coefficient (Wildman–Crippen LogP) is 7.19. The van der Waals surface area contributed by atoms with Crippen LogP contribution in [0, 0.1) is 5.82 Å². The summed E-state index contributed by atoms with van der Waals surface area (Å²) in [5.74, 6) is 0.292. The molecule has 1 aliphatic heterocycles. The molecule has 1 aliphatic carbocycles. The molecule has 6 heteroatoms. The molecule has 1 atom stereocenters. The van der Waals surface area contributed by atoms with Crippen molar-refractivity contribution in [1.29, 1.82) is 0 Å². The molecular formula is C36H43FN2O3. The Kier molecular flexibility index (Phi) is 9.93. The van der Waals surface area contributed by atoms with E-state index in [2.05, 4.69) is 12.1 Å². The minimum absolute atomic E-state index is 0.0197. The minimum atomic E-state index is -0.738. The van der Waals surface area contributed by atoms with Crippen LogP contribution in [0.15, 0.2) is 78.9 Å². The van der Waals surface area contributed by atoms with E-state index >= 15 is 0 Å². The van der Waals surface area contributed by atoms with Crippen LogP contribution in [0.2, 0.25) is 0 Å². The van der Waals surface area contributed by atoms with Gasteiger partial charge in [0.25, 0.3) is 5.91 Å².